The molecule has 0 bridgehead atoms. The van der Waals surface area contributed by atoms with Crippen LogP contribution in [0.3, 0.4) is 0 Å². The monoisotopic (exact) mass is 303 g/mol. The van der Waals surface area contributed by atoms with Crippen LogP contribution in [0.4, 0.5) is 0 Å². The highest BCUT2D eigenvalue weighted by Crippen LogP contribution is 2.11. The number of nitrogens with one attached hydrogen (secondary N) is 1. The molecule has 1 unspecified atom stereocenters. The van der Waals surface area contributed by atoms with E-state index in [-0.39, 0.29) is 24.3 Å². The number of hydrogen-bond acceptors (Lipinski definition) is 3. The first-order valence-corrected chi connectivity index (χ1v) is 7.33. The predicted molar refractivity (Wildman–Crippen MR) is 81.7 cm³/mol. The number of carbonyl (C=O) groups is 3. The number of rotatable bonds is 3. The molecule has 22 heavy (non-hydrogen) atoms. The molecule has 118 valence electrons. The van der Waals surface area contributed by atoms with Gasteiger partial charge in [-0.1, -0.05) is 30.3 Å². The average molecular weight is 303 g/mol. The van der Waals surface area contributed by atoms with Gasteiger partial charge in [-0.3, -0.25) is 14.4 Å². The van der Waals surface area contributed by atoms with Gasteiger partial charge in [0.1, 0.15) is 6.04 Å². The van der Waals surface area contributed by atoms with Crippen molar-refractivity contribution >= 4 is 17.7 Å². The molecule has 1 aromatic rings. The largest absolute Gasteiger partial charge is 0.350 e. The van der Waals surface area contributed by atoms with Gasteiger partial charge in [0.15, 0.2) is 0 Å². The zero-order valence-electron chi connectivity index (χ0n) is 12.9. The molecule has 1 aliphatic rings. The molecule has 0 aliphatic carbocycles. The van der Waals surface area contributed by atoms with Crippen molar-refractivity contribution in [3.05, 3.63) is 35.9 Å². The highest BCUT2D eigenvalue weighted by atomic mass is 16.2. The number of carbonyl (C=O) groups excluding carboxylic acids is 3. The molecule has 1 atom stereocenters. The summed E-state index contributed by atoms with van der Waals surface area (Å²) in [6.07, 6.45) is 0. The maximum Gasteiger partial charge on any atom is 0.244 e. The van der Waals surface area contributed by atoms with Crippen LogP contribution in [0, 0.1) is 0 Å². The summed E-state index contributed by atoms with van der Waals surface area (Å²) in [5.74, 6) is -0.461. The summed E-state index contributed by atoms with van der Waals surface area (Å²) >= 11 is 0. The van der Waals surface area contributed by atoms with Crippen molar-refractivity contribution in [3.8, 4) is 0 Å². The van der Waals surface area contributed by atoms with E-state index in [0.717, 1.165) is 5.56 Å². The van der Waals surface area contributed by atoms with E-state index < -0.39 is 6.04 Å². The summed E-state index contributed by atoms with van der Waals surface area (Å²) in [6.45, 7) is 4.43. The van der Waals surface area contributed by atoms with Crippen LogP contribution in [0.25, 0.3) is 0 Å². The van der Waals surface area contributed by atoms with Gasteiger partial charge in [-0.15, -0.1) is 0 Å². The van der Waals surface area contributed by atoms with E-state index in [4.69, 9.17) is 0 Å². The van der Waals surface area contributed by atoms with Crippen molar-refractivity contribution in [1.82, 2.24) is 15.1 Å². The van der Waals surface area contributed by atoms with Crippen molar-refractivity contribution in [2.24, 2.45) is 0 Å². The number of piperazine rings is 1. The van der Waals surface area contributed by atoms with Gasteiger partial charge in [-0.25, -0.2) is 0 Å². The Morgan fingerprint density at radius 2 is 1.77 bits per heavy atom. The van der Waals surface area contributed by atoms with Crippen molar-refractivity contribution in [1.29, 1.82) is 0 Å². The second kappa shape index (κ2) is 7.06. The lowest BCUT2D eigenvalue weighted by molar-refractivity contribution is -0.146. The Bertz CT molecular complexity index is 559. The SMILES string of the molecule is CC(=O)N1CCN(C(C)=O)C(C(=O)NCc2ccccc2)C1. The maximum atomic E-state index is 12.4. The second-order valence-corrected chi connectivity index (χ2v) is 5.40. The van der Waals surface area contributed by atoms with E-state index in [1.807, 2.05) is 30.3 Å². The smallest absolute Gasteiger partial charge is 0.244 e. The fraction of sp³-hybridized carbons (Fsp3) is 0.438. The Hall–Kier alpha value is -2.37. The van der Waals surface area contributed by atoms with E-state index in [9.17, 15) is 14.4 Å². The van der Waals surface area contributed by atoms with E-state index in [1.54, 1.807) is 4.90 Å². The lowest BCUT2D eigenvalue weighted by Gasteiger charge is -2.39. The van der Waals surface area contributed by atoms with Crippen LogP contribution >= 0.6 is 0 Å². The topological polar surface area (TPSA) is 69.7 Å². The molecule has 0 aromatic heterocycles. The van der Waals surface area contributed by atoms with E-state index >= 15 is 0 Å². The summed E-state index contributed by atoms with van der Waals surface area (Å²) in [6, 6.07) is 8.94. The van der Waals surface area contributed by atoms with Gasteiger partial charge in [0.25, 0.3) is 0 Å². The van der Waals surface area contributed by atoms with Gasteiger partial charge >= 0.3 is 0 Å². The summed E-state index contributed by atoms with van der Waals surface area (Å²) in [4.78, 5) is 38.8. The first-order chi connectivity index (χ1) is 10.5. The Morgan fingerprint density at radius 1 is 1.09 bits per heavy atom. The Balaban J connectivity index is 2.02. The zero-order chi connectivity index (χ0) is 16.1. The van der Waals surface area contributed by atoms with Crippen molar-refractivity contribution in [3.63, 3.8) is 0 Å². The summed E-state index contributed by atoms with van der Waals surface area (Å²) in [5, 5.41) is 2.84. The van der Waals surface area contributed by atoms with Crippen molar-refractivity contribution < 1.29 is 14.4 Å². The van der Waals surface area contributed by atoms with Gasteiger partial charge in [0.05, 0.1) is 6.54 Å². The third kappa shape index (κ3) is 3.84. The van der Waals surface area contributed by atoms with E-state index in [1.165, 1.54) is 18.7 Å². The van der Waals surface area contributed by atoms with Crippen LogP contribution in [0.2, 0.25) is 0 Å². The maximum absolute atomic E-state index is 12.4. The number of nitrogens with zero attached hydrogens (tertiary/aromatic N) is 2. The molecule has 6 heteroatoms. The molecule has 0 spiro atoms. The summed E-state index contributed by atoms with van der Waals surface area (Å²) in [7, 11) is 0. The van der Waals surface area contributed by atoms with Crippen molar-refractivity contribution in [2.45, 2.75) is 26.4 Å². The molecule has 1 saturated heterocycles. The van der Waals surface area contributed by atoms with Crippen LogP contribution in [0.5, 0.6) is 0 Å². The second-order valence-electron chi connectivity index (χ2n) is 5.40. The fourth-order valence-electron chi connectivity index (χ4n) is 2.57. The summed E-state index contributed by atoms with van der Waals surface area (Å²) in [5.41, 5.74) is 0.990. The first kappa shape index (κ1) is 16.0. The fourth-order valence-corrected chi connectivity index (χ4v) is 2.57. The lowest BCUT2D eigenvalue weighted by Crippen LogP contribution is -2.60. The quantitative estimate of drug-likeness (QED) is 0.878. The van der Waals surface area contributed by atoms with E-state index in [0.29, 0.717) is 19.6 Å². The van der Waals surface area contributed by atoms with Crippen LogP contribution in [0.15, 0.2) is 30.3 Å². The Labute approximate surface area is 130 Å². The number of amides is 3. The van der Waals surface area contributed by atoms with Crippen molar-refractivity contribution in [2.75, 3.05) is 19.6 Å². The third-order valence-electron chi connectivity index (χ3n) is 3.84. The molecule has 2 rings (SSSR count). The van der Waals surface area contributed by atoms with Crippen LogP contribution in [-0.2, 0) is 20.9 Å². The molecule has 3 amide bonds. The molecular formula is C16H21N3O3. The zero-order valence-corrected chi connectivity index (χ0v) is 12.9. The predicted octanol–water partition coefficient (Wildman–Crippen LogP) is 0.382. The van der Waals surface area contributed by atoms with Gasteiger partial charge in [0.2, 0.25) is 17.7 Å². The molecule has 0 saturated carbocycles. The van der Waals surface area contributed by atoms with E-state index in [2.05, 4.69) is 5.32 Å². The molecule has 1 heterocycles. The standard InChI is InChI=1S/C16H21N3O3/c1-12(20)18-8-9-19(13(2)21)15(11-18)16(22)17-10-14-6-4-3-5-7-14/h3-7,15H,8-11H2,1-2H3,(H,17,22). The Kier molecular flexibility index (Phi) is 5.14. The molecule has 1 fully saturated rings. The average Bonchev–Trinajstić information content (AvgIpc) is 2.52. The van der Waals surface area contributed by atoms with Crippen LogP contribution in [-0.4, -0.2) is 53.2 Å². The van der Waals surface area contributed by atoms with Gasteiger partial charge in [-0.2, -0.15) is 0 Å². The molecule has 1 aromatic carbocycles. The lowest BCUT2D eigenvalue weighted by atomic mass is 10.1. The normalized spacial score (nSPS) is 18.0. The number of hydrogen-bond donors (Lipinski definition) is 1. The van der Waals surface area contributed by atoms with Gasteiger partial charge < -0.3 is 15.1 Å². The third-order valence-corrected chi connectivity index (χ3v) is 3.84. The minimum absolute atomic E-state index is 0.0796. The molecule has 0 radical (unpaired) electrons. The Morgan fingerprint density at radius 3 is 2.36 bits per heavy atom. The molecular weight excluding hydrogens is 282 g/mol. The van der Waals surface area contributed by atoms with Crippen LogP contribution in [0.1, 0.15) is 19.4 Å². The van der Waals surface area contributed by atoms with Gasteiger partial charge in [-0.05, 0) is 5.56 Å². The highest BCUT2D eigenvalue weighted by Gasteiger charge is 2.34. The van der Waals surface area contributed by atoms with Gasteiger partial charge in [0, 0.05) is 33.5 Å². The molecule has 1 aliphatic heterocycles. The molecule has 1 N–H and O–H groups in total. The van der Waals surface area contributed by atoms with Crippen LogP contribution < -0.4 is 5.32 Å². The first-order valence-electron chi connectivity index (χ1n) is 7.33. The number of benzene rings is 1. The molecule has 6 nitrogen and oxygen atoms in total. The minimum atomic E-state index is -0.626. The minimum Gasteiger partial charge on any atom is -0.350 e. The summed E-state index contributed by atoms with van der Waals surface area (Å²) < 4.78 is 0. The highest BCUT2D eigenvalue weighted by molar-refractivity contribution is 5.88.